The standard InChI is InChI=1S/C14H21N3O2/c1-10(2)9-18-7-3-6-16-14-17-12-8-11(15)4-5-13(12)19-14/h4-5,8,10H,3,6-7,9,15H2,1-2H3,(H,16,17). The molecular formula is C14H21N3O2. The number of nitrogens with two attached hydrogens (primary N) is 1. The van der Waals surface area contributed by atoms with Crippen molar-refractivity contribution >= 4 is 22.8 Å². The highest BCUT2D eigenvalue weighted by Crippen LogP contribution is 2.20. The van der Waals surface area contributed by atoms with E-state index in [1.165, 1.54) is 0 Å². The Kier molecular flexibility index (Phi) is 4.63. The summed E-state index contributed by atoms with van der Waals surface area (Å²) in [6.45, 7) is 6.62. The molecule has 0 aliphatic rings. The number of fused-ring (bicyclic) bond motifs is 1. The first kappa shape index (κ1) is 13.7. The fraction of sp³-hybridized carbons (Fsp3) is 0.500. The molecule has 104 valence electrons. The lowest BCUT2D eigenvalue weighted by Crippen LogP contribution is -2.08. The van der Waals surface area contributed by atoms with Gasteiger partial charge in [0.05, 0.1) is 0 Å². The molecule has 2 aromatic rings. The van der Waals surface area contributed by atoms with Crippen LogP contribution >= 0.6 is 0 Å². The Hall–Kier alpha value is -1.75. The van der Waals surface area contributed by atoms with Crippen molar-refractivity contribution in [2.75, 3.05) is 30.8 Å². The highest BCUT2D eigenvalue weighted by Gasteiger charge is 2.04. The van der Waals surface area contributed by atoms with E-state index >= 15 is 0 Å². The van der Waals surface area contributed by atoms with Crippen molar-refractivity contribution in [3.05, 3.63) is 18.2 Å². The number of nitrogens with one attached hydrogen (secondary N) is 1. The Balaban J connectivity index is 1.75. The average molecular weight is 263 g/mol. The molecule has 2 rings (SSSR count). The normalized spacial score (nSPS) is 11.3. The first-order valence-corrected chi connectivity index (χ1v) is 6.63. The summed E-state index contributed by atoms with van der Waals surface area (Å²) in [6, 6.07) is 5.96. The zero-order chi connectivity index (χ0) is 13.7. The van der Waals surface area contributed by atoms with Crippen molar-refractivity contribution in [3.63, 3.8) is 0 Å². The van der Waals surface area contributed by atoms with Crippen LogP contribution in [-0.2, 0) is 4.74 Å². The van der Waals surface area contributed by atoms with E-state index in [2.05, 4.69) is 24.1 Å². The van der Waals surface area contributed by atoms with Gasteiger partial charge in [-0.25, -0.2) is 0 Å². The lowest BCUT2D eigenvalue weighted by atomic mass is 10.2. The maximum atomic E-state index is 5.69. The van der Waals surface area contributed by atoms with Crippen LogP contribution in [0.25, 0.3) is 11.1 Å². The third-order valence-corrected chi connectivity index (χ3v) is 2.60. The average Bonchev–Trinajstić information content (AvgIpc) is 2.75. The van der Waals surface area contributed by atoms with Crippen LogP contribution in [0.15, 0.2) is 22.6 Å². The summed E-state index contributed by atoms with van der Waals surface area (Å²) in [4.78, 5) is 4.32. The largest absolute Gasteiger partial charge is 0.424 e. The molecule has 1 heterocycles. The van der Waals surface area contributed by atoms with Gasteiger partial charge in [0.2, 0.25) is 0 Å². The number of benzene rings is 1. The number of anilines is 2. The van der Waals surface area contributed by atoms with Crippen molar-refractivity contribution in [1.82, 2.24) is 4.98 Å². The Morgan fingerprint density at radius 3 is 3.05 bits per heavy atom. The molecule has 0 aliphatic carbocycles. The van der Waals surface area contributed by atoms with E-state index in [1.807, 2.05) is 6.07 Å². The molecule has 19 heavy (non-hydrogen) atoms. The van der Waals surface area contributed by atoms with E-state index < -0.39 is 0 Å². The number of hydrogen-bond donors (Lipinski definition) is 2. The summed E-state index contributed by atoms with van der Waals surface area (Å²) >= 11 is 0. The number of nitrogens with zero attached hydrogens (tertiary/aromatic N) is 1. The quantitative estimate of drug-likeness (QED) is 0.593. The highest BCUT2D eigenvalue weighted by molar-refractivity contribution is 5.78. The molecule has 0 fully saturated rings. The van der Waals surface area contributed by atoms with Gasteiger partial charge >= 0.3 is 0 Å². The second-order valence-electron chi connectivity index (χ2n) is 5.00. The molecule has 0 unspecified atom stereocenters. The maximum absolute atomic E-state index is 5.69. The van der Waals surface area contributed by atoms with Gasteiger partial charge < -0.3 is 20.2 Å². The van der Waals surface area contributed by atoms with Crippen LogP contribution < -0.4 is 11.1 Å². The summed E-state index contributed by atoms with van der Waals surface area (Å²) < 4.78 is 11.0. The van der Waals surface area contributed by atoms with E-state index in [-0.39, 0.29) is 0 Å². The predicted octanol–water partition coefficient (Wildman–Crippen LogP) is 2.88. The molecule has 0 radical (unpaired) electrons. The molecule has 1 aromatic carbocycles. The van der Waals surface area contributed by atoms with E-state index in [9.17, 15) is 0 Å². The van der Waals surface area contributed by atoms with Crippen LogP contribution in [-0.4, -0.2) is 24.7 Å². The molecule has 0 saturated heterocycles. The van der Waals surface area contributed by atoms with Crippen molar-refractivity contribution < 1.29 is 9.15 Å². The van der Waals surface area contributed by atoms with Crippen LogP contribution in [0.1, 0.15) is 20.3 Å². The summed E-state index contributed by atoms with van der Waals surface area (Å²) in [5.74, 6) is 0.579. The summed E-state index contributed by atoms with van der Waals surface area (Å²) in [7, 11) is 0. The lowest BCUT2D eigenvalue weighted by molar-refractivity contribution is 0.109. The molecule has 0 spiro atoms. The van der Waals surface area contributed by atoms with Gasteiger partial charge in [-0.3, -0.25) is 0 Å². The zero-order valence-corrected chi connectivity index (χ0v) is 11.5. The fourth-order valence-corrected chi connectivity index (χ4v) is 1.71. The number of aromatic nitrogens is 1. The van der Waals surface area contributed by atoms with Crippen LogP contribution in [0.3, 0.4) is 0 Å². The van der Waals surface area contributed by atoms with Crippen LogP contribution in [0, 0.1) is 5.92 Å². The number of rotatable bonds is 7. The number of ether oxygens (including phenoxy) is 1. The number of oxazole rings is 1. The van der Waals surface area contributed by atoms with Gasteiger partial charge in [-0.15, -0.1) is 0 Å². The van der Waals surface area contributed by atoms with Gasteiger partial charge in [-0.2, -0.15) is 4.98 Å². The molecule has 5 nitrogen and oxygen atoms in total. The van der Waals surface area contributed by atoms with Crippen LogP contribution in [0.5, 0.6) is 0 Å². The minimum atomic E-state index is 0.532. The SMILES string of the molecule is CC(C)COCCCNc1nc2cc(N)ccc2o1. The van der Waals surface area contributed by atoms with Gasteiger partial charge in [0.1, 0.15) is 5.52 Å². The van der Waals surface area contributed by atoms with Crippen molar-refractivity contribution in [1.29, 1.82) is 0 Å². The van der Waals surface area contributed by atoms with Crippen LogP contribution in [0.2, 0.25) is 0 Å². The summed E-state index contributed by atoms with van der Waals surface area (Å²) in [6.07, 6.45) is 0.924. The fourth-order valence-electron chi connectivity index (χ4n) is 1.71. The first-order valence-electron chi connectivity index (χ1n) is 6.63. The zero-order valence-electron chi connectivity index (χ0n) is 11.5. The Labute approximate surface area is 113 Å². The number of hydrogen-bond acceptors (Lipinski definition) is 5. The highest BCUT2D eigenvalue weighted by atomic mass is 16.5. The monoisotopic (exact) mass is 263 g/mol. The Morgan fingerprint density at radius 1 is 1.42 bits per heavy atom. The Bertz CT molecular complexity index is 522. The molecule has 0 atom stereocenters. The molecular weight excluding hydrogens is 242 g/mol. The van der Waals surface area contributed by atoms with Gasteiger partial charge in [0.15, 0.2) is 5.58 Å². The first-order chi connectivity index (χ1) is 9.15. The van der Waals surface area contributed by atoms with Crippen molar-refractivity contribution in [2.24, 2.45) is 5.92 Å². The molecule has 0 bridgehead atoms. The summed E-state index contributed by atoms with van der Waals surface area (Å²) in [5, 5.41) is 3.14. The van der Waals surface area contributed by atoms with E-state index in [1.54, 1.807) is 12.1 Å². The van der Waals surface area contributed by atoms with E-state index in [4.69, 9.17) is 14.9 Å². The van der Waals surface area contributed by atoms with Gasteiger partial charge in [0.25, 0.3) is 6.01 Å². The third kappa shape index (κ3) is 4.13. The molecule has 0 saturated carbocycles. The third-order valence-electron chi connectivity index (χ3n) is 2.60. The molecule has 5 heteroatoms. The van der Waals surface area contributed by atoms with Crippen molar-refractivity contribution in [2.45, 2.75) is 20.3 Å². The predicted molar refractivity (Wildman–Crippen MR) is 77.2 cm³/mol. The van der Waals surface area contributed by atoms with Crippen molar-refractivity contribution in [3.8, 4) is 0 Å². The van der Waals surface area contributed by atoms with Gasteiger partial charge in [-0.1, -0.05) is 13.8 Å². The topological polar surface area (TPSA) is 73.3 Å². The summed E-state index contributed by atoms with van der Waals surface area (Å²) in [5.41, 5.74) is 7.90. The molecule has 0 aliphatic heterocycles. The molecule has 1 aromatic heterocycles. The second kappa shape index (κ2) is 6.43. The van der Waals surface area contributed by atoms with E-state index in [0.717, 1.165) is 37.3 Å². The maximum Gasteiger partial charge on any atom is 0.295 e. The smallest absolute Gasteiger partial charge is 0.295 e. The lowest BCUT2D eigenvalue weighted by Gasteiger charge is -2.06. The van der Waals surface area contributed by atoms with Crippen LogP contribution in [0.4, 0.5) is 11.7 Å². The minimum absolute atomic E-state index is 0.532. The Morgan fingerprint density at radius 2 is 2.26 bits per heavy atom. The molecule has 3 N–H and O–H groups in total. The van der Waals surface area contributed by atoms with Gasteiger partial charge in [0, 0.05) is 25.4 Å². The number of nitrogen functional groups attached to an aromatic ring is 1. The van der Waals surface area contributed by atoms with E-state index in [0.29, 0.717) is 17.6 Å². The minimum Gasteiger partial charge on any atom is -0.424 e. The second-order valence-corrected chi connectivity index (χ2v) is 5.00. The van der Waals surface area contributed by atoms with Gasteiger partial charge in [-0.05, 0) is 30.5 Å². The molecule has 0 amide bonds.